The molecule has 0 spiro atoms. The lowest BCUT2D eigenvalue weighted by molar-refractivity contribution is -0.116. The Morgan fingerprint density at radius 2 is 2.11 bits per heavy atom. The van der Waals surface area contributed by atoms with Crippen molar-refractivity contribution >= 4 is 11.9 Å². The first-order valence-corrected chi connectivity index (χ1v) is 6.31. The van der Waals surface area contributed by atoms with E-state index in [-0.39, 0.29) is 11.9 Å². The Balaban J connectivity index is 2.07. The zero-order valence-electron chi connectivity index (χ0n) is 11.3. The van der Waals surface area contributed by atoms with Crippen LogP contribution in [-0.4, -0.2) is 16.1 Å². The van der Waals surface area contributed by atoms with Crippen molar-refractivity contribution in [3.63, 3.8) is 0 Å². The second-order valence-electron chi connectivity index (χ2n) is 4.39. The Morgan fingerprint density at radius 1 is 1.32 bits per heavy atom. The Labute approximate surface area is 111 Å². The van der Waals surface area contributed by atoms with E-state index in [1.807, 2.05) is 26.8 Å². The summed E-state index contributed by atoms with van der Waals surface area (Å²) in [7, 11) is 0. The largest absolute Gasteiger partial charge is 0.466 e. The molecule has 0 aliphatic carbocycles. The number of furan rings is 1. The second-order valence-corrected chi connectivity index (χ2v) is 4.39. The van der Waals surface area contributed by atoms with Crippen LogP contribution in [0.25, 0.3) is 11.5 Å². The number of carbonyl (C=O) groups is 1. The monoisotopic (exact) mass is 263 g/mol. The van der Waals surface area contributed by atoms with Gasteiger partial charge in [-0.25, -0.2) is 0 Å². The predicted molar refractivity (Wildman–Crippen MR) is 69.6 cm³/mol. The van der Waals surface area contributed by atoms with E-state index in [1.54, 1.807) is 0 Å². The predicted octanol–water partition coefficient (Wildman–Crippen LogP) is 3.08. The Kier molecular flexibility index (Phi) is 3.99. The van der Waals surface area contributed by atoms with Crippen molar-refractivity contribution in [2.24, 2.45) is 0 Å². The summed E-state index contributed by atoms with van der Waals surface area (Å²) in [6.45, 7) is 5.70. The molecular formula is C13H17N3O3. The van der Waals surface area contributed by atoms with E-state index >= 15 is 0 Å². The average molecular weight is 263 g/mol. The quantitative estimate of drug-likeness (QED) is 0.896. The number of nitrogens with one attached hydrogen (secondary N) is 1. The topological polar surface area (TPSA) is 81.2 Å². The third-order valence-corrected chi connectivity index (χ3v) is 2.70. The van der Waals surface area contributed by atoms with Crippen LogP contribution in [0.2, 0.25) is 0 Å². The van der Waals surface area contributed by atoms with Crippen molar-refractivity contribution < 1.29 is 13.6 Å². The standard InChI is InChI=1S/C13H17N3O3/c1-4-5-6-11(17)14-13-16-15-12(19-13)10-7-8(2)18-9(10)3/h7H,4-6H2,1-3H3,(H,14,16,17). The Morgan fingerprint density at radius 3 is 2.74 bits per heavy atom. The first-order chi connectivity index (χ1) is 9.10. The Hall–Kier alpha value is -2.11. The third-order valence-electron chi connectivity index (χ3n) is 2.70. The van der Waals surface area contributed by atoms with Gasteiger partial charge < -0.3 is 8.83 Å². The average Bonchev–Trinajstić information content (AvgIpc) is 2.93. The van der Waals surface area contributed by atoms with E-state index in [9.17, 15) is 4.79 Å². The van der Waals surface area contributed by atoms with Crippen LogP contribution in [0.5, 0.6) is 0 Å². The highest BCUT2D eigenvalue weighted by Gasteiger charge is 2.15. The van der Waals surface area contributed by atoms with Crippen molar-refractivity contribution in [3.05, 3.63) is 17.6 Å². The number of anilines is 1. The molecule has 102 valence electrons. The molecule has 0 aliphatic rings. The second kappa shape index (κ2) is 5.69. The number of rotatable bonds is 5. The van der Waals surface area contributed by atoms with Crippen molar-refractivity contribution in [3.8, 4) is 11.5 Å². The van der Waals surface area contributed by atoms with E-state index < -0.39 is 0 Å². The number of aromatic nitrogens is 2. The van der Waals surface area contributed by atoms with Crippen LogP contribution in [0, 0.1) is 13.8 Å². The molecule has 6 nitrogen and oxygen atoms in total. The fourth-order valence-corrected chi connectivity index (χ4v) is 1.74. The van der Waals surface area contributed by atoms with Crippen LogP contribution in [0.1, 0.15) is 37.7 Å². The van der Waals surface area contributed by atoms with Gasteiger partial charge in [-0.3, -0.25) is 10.1 Å². The van der Waals surface area contributed by atoms with Gasteiger partial charge in [-0.05, 0) is 26.3 Å². The molecule has 1 N–H and O–H groups in total. The van der Waals surface area contributed by atoms with Gasteiger partial charge in [-0.15, -0.1) is 5.10 Å². The molecule has 1 amide bonds. The molecule has 0 aromatic carbocycles. The fourth-order valence-electron chi connectivity index (χ4n) is 1.74. The van der Waals surface area contributed by atoms with Gasteiger partial charge >= 0.3 is 6.01 Å². The van der Waals surface area contributed by atoms with E-state index in [1.165, 1.54) is 0 Å². The van der Waals surface area contributed by atoms with Gasteiger partial charge in [0, 0.05) is 6.42 Å². The first kappa shape index (κ1) is 13.3. The van der Waals surface area contributed by atoms with Crippen molar-refractivity contribution in [1.82, 2.24) is 10.2 Å². The fraction of sp³-hybridized carbons (Fsp3) is 0.462. The highest BCUT2D eigenvalue weighted by Crippen LogP contribution is 2.26. The van der Waals surface area contributed by atoms with Crippen LogP contribution in [0.15, 0.2) is 14.9 Å². The SMILES string of the molecule is CCCCC(=O)Nc1nnc(-c2cc(C)oc2C)o1. The molecular weight excluding hydrogens is 246 g/mol. The zero-order chi connectivity index (χ0) is 13.8. The number of unbranched alkanes of at least 4 members (excludes halogenated alkanes) is 1. The molecule has 2 aromatic rings. The van der Waals surface area contributed by atoms with E-state index in [4.69, 9.17) is 8.83 Å². The lowest BCUT2D eigenvalue weighted by Crippen LogP contribution is -2.11. The summed E-state index contributed by atoms with van der Waals surface area (Å²) in [6.07, 6.45) is 2.26. The number of hydrogen-bond donors (Lipinski definition) is 1. The minimum atomic E-state index is -0.114. The maximum absolute atomic E-state index is 11.5. The van der Waals surface area contributed by atoms with E-state index in [0.717, 1.165) is 24.2 Å². The van der Waals surface area contributed by atoms with E-state index in [2.05, 4.69) is 15.5 Å². The number of hydrogen-bond acceptors (Lipinski definition) is 5. The summed E-state index contributed by atoms with van der Waals surface area (Å²) in [5.41, 5.74) is 0.749. The highest BCUT2D eigenvalue weighted by molar-refractivity contribution is 5.88. The summed E-state index contributed by atoms with van der Waals surface area (Å²) in [4.78, 5) is 11.5. The highest BCUT2D eigenvalue weighted by atomic mass is 16.4. The molecule has 2 aromatic heterocycles. The first-order valence-electron chi connectivity index (χ1n) is 6.31. The summed E-state index contributed by atoms with van der Waals surface area (Å²) >= 11 is 0. The number of carbonyl (C=O) groups excluding carboxylic acids is 1. The summed E-state index contributed by atoms with van der Waals surface area (Å²) in [6, 6.07) is 1.94. The molecule has 0 atom stereocenters. The maximum atomic E-state index is 11.5. The zero-order valence-corrected chi connectivity index (χ0v) is 11.3. The molecule has 2 rings (SSSR count). The number of nitrogens with zero attached hydrogens (tertiary/aromatic N) is 2. The van der Waals surface area contributed by atoms with Gasteiger partial charge in [0.2, 0.25) is 5.91 Å². The van der Waals surface area contributed by atoms with Gasteiger partial charge in [0.15, 0.2) is 0 Å². The van der Waals surface area contributed by atoms with Crippen LogP contribution in [-0.2, 0) is 4.79 Å². The molecule has 0 saturated carbocycles. The van der Waals surface area contributed by atoms with Crippen molar-refractivity contribution in [2.75, 3.05) is 5.32 Å². The van der Waals surface area contributed by atoms with Crippen LogP contribution in [0.3, 0.4) is 0 Å². The summed E-state index contributed by atoms with van der Waals surface area (Å²) in [5.74, 6) is 1.72. The minimum absolute atomic E-state index is 0.114. The summed E-state index contributed by atoms with van der Waals surface area (Å²) in [5, 5.41) is 10.3. The number of aryl methyl sites for hydroxylation is 2. The van der Waals surface area contributed by atoms with Crippen LogP contribution < -0.4 is 5.32 Å². The molecule has 0 saturated heterocycles. The van der Waals surface area contributed by atoms with Gasteiger partial charge in [-0.2, -0.15) is 0 Å². The smallest absolute Gasteiger partial charge is 0.322 e. The molecule has 0 unspecified atom stereocenters. The van der Waals surface area contributed by atoms with Crippen molar-refractivity contribution in [1.29, 1.82) is 0 Å². The van der Waals surface area contributed by atoms with Crippen LogP contribution >= 0.6 is 0 Å². The molecule has 0 radical (unpaired) electrons. The van der Waals surface area contributed by atoms with Crippen LogP contribution in [0.4, 0.5) is 6.01 Å². The molecule has 0 bridgehead atoms. The normalized spacial score (nSPS) is 10.7. The molecule has 2 heterocycles. The van der Waals surface area contributed by atoms with Gasteiger partial charge in [0.05, 0.1) is 5.56 Å². The molecule has 0 fully saturated rings. The van der Waals surface area contributed by atoms with E-state index in [0.29, 0.717) is 18.1 Å². The third kappa shape index (κ3) is 3.21. The minimum Gasteiger partial charge on any atom is -0.466 e. The maximum Gasteiger partial charge on any atom is 0.322 e. The number of amides is 1. The van der Waals surface area contributed by atoms with Gasteiger partial charge in [0.25, 0.3) is 5.89 Å². The lowest BCUT2D eigenvalue weighted by Gasteiger charge is -1.97. The lowest BCUT2D eigenvalue weighted by atomic mass is 10.2. The summed E-state index contributed by atoms with van der Waals surface area (Å²) < 4.78 is 10.8. The van der Waals surface area contributed by atoms with Gasteiger partial charge in [0.1, 0.15) is 11.5 Å². The molecule has 19 heavy (non-hydrogen) atoms. The van der Waals surface area contributed by atoms with Crippen molar-refractivity contribution in [2.45, 2.75) is 40.0 Å². The van der Waals surface area contributed by atoms with Gasteiger partial charge in [-0.1, -0.05) is 18.4 Å². The molecule has 0 aliphatic heterocycles. The Bertz CT molecular complexity index is 571. The molecule has 6 heteroatoms.